The van der Waals surface area contributed by atoms with E-state index in [2.05, 4.69) is 32.3 Å². The molecule has 1 aromatic carbocycles. The van der Waals surface area contributed by atoms with Gasteiger partial charge in [0.25, 0.3) is 0 Å². The molecular formula is C18H12N6S. The van der Waals surface area contributed by atoms with Crippen LogP contribution in [0.2, 0.25) is 0 Å². The minimum atomic E-state index is 0.695. The molecular weight excluding hydrogens is 332 g/mol. The monoisotopic (exact) mass is 344 g/mol. The third-order valence-corrected chi connectivity index (χ3v) is 4.92. The lowest BCUT2D eigenvalue weighted by Gasteiger charge is -2.04. The lowest BCUT2D eigenvalue weighted by Crippen LogP contribution is -1.92. The maximum Gasteiger partial charge on any atom is 0.235 e. The van der Waals surface area contributed by atoms with Crippen LogP contribution in [0.15, 0.2) is 54.9 Å². The number of pyridine rings is 2. The first-order chi connectivity index (χ1) is 12.3. The number of para-hydroxylation sites is 1. The molecule has 5 rings (SSSR count). The number of hydrogen-bond donors (Lipinski definition) is 0. The fourth-order valence-electron chi connectivity index (χ4n) is 2.89. The van der Waals surface area contributed by atoms with Crippen molar-refractivity contribution in [3.8, 4) is 22.0 Å². The van der Waals surface area contributed by atoms with Crippen LogP contribution < -0.4 is 0 Å². The van der Waals surface area contributed by atoms with Crippen molar-refractivity contribution in [3.63, 3.8) is 0 Å². The van der Waals surface area contributed by atoms with Crippen LogP contribution in [0, 0.1) is 6.92 Å². The number of fused-ring (bicyclic) bond motifs is 2. The van der Waals surface area contributed by atoms with Crippen molar-refractivity contribution >= 4 is 27.2 Å². The van der Waals surface area contributed by atoms with Gasteiger partial charge in [-0.3, -0.25) is 9.97 Å². The Balaban J connectivity index is 1.74. The van der Waals surface area contributed by atoms with Crippen molar-refractivity contribution in [1.82, 2.24) is 29.8 Å². The second-order valence-corrected chi connectivity index (χ2v) is 6.65. The number of hydrogen-bond acceptors (Lipinski definition) is 6. The number of nitrogens with zero attached hydrogens (tertiary/aromatic N) is 6. The summed E-state index contributed by atoms with van der Waals surface area (Å²) in [5.74, 6) is 0.695. The molecule has 0 saturated carbocycles. The molecule has 0 N–H and O–H groups in total. The van der Waals surface area contributed by atoms with Gasteiger partial charge in [0, 0.05) is 34.6 Å². The van der Waals surface area contributed by atoms with Crippen LogP contribution in [-0.2, 0) is 0 Å². The number of benzene rings is 1. The van der Waals surface area contributed by atoms with Gasteiger partial charge in [-0.25, -0.2) is 0 Å². The number of aryl methyl sites for hydroxylation is 1. The first kappa shape index (κ1) is 14.2. The third kappa shape index (κ3) is 2.28. The summed E-state index contributed by atoms with van der Waals surface area (Å²) in [5.41, 5.74) is 3.89. The zero-order chi connectivity index (χ0) is 16.8. The normalized spacial score (nSPS) is 11.4. The summed E-state index contributed by atoms with van der Waals surface area (Å²) in [5, 5.41) is 15.3. The van der Waals surface area contributed by atoms with Crippen LogP contribution in [0.1, 0.15) is 5.69 Å². The van der Waals surface area contributed by atoms with Gasteiger partial charge in [0.2, 0.25) is 4.96 Å². The average molecular weight is 344 g/mol. The highest BCUT2D eigenvalue weighted by Gasteiger charge is 2.16. The van der Waals surface area contributed by atoms with Gasteiger partial charge in [-0.05, 0) is 31.2 Å². The second kappa shape index (κ2) is 5.42. The highest BCUT2D eigenvalue weighted by Crippen LogP contribution is 2.32. The summed E-state index contributed by atoms with van der Waals surface area (Å²) < 4.78 is 1.78. The first-order valence-corrected chi connectivity index (χ1v) is 8.61. The highest BCUT2D eigenvalue weighted by molar-refractivity contribution is 7.19. The Labute approximate surface area is 146 Å². The molecule has 4 heterocycles. The highest BCUT2D eigenvalue weighted by atomic mass is 32.1. The smallest absolute Gasteiger partial charge is 0.235 e. The van der Waals surface area contributed by atoms with Gasteiger partial charge < -0.3 is 0 Å². The lowest BCUT2D eigenvalue weighted by atomic mass is 10.1. The van der Waals surface area contributed by atoms with Crippen LogP contribution in [-0.4, -0.2) is 29.8 Å². The van der Waals surface area contributed by atoms with Crippen LogP contribution >= 0.6 is 11.3 Å². The fourth-order valence-corrected chi connectivity index (χ4v) is 3.76. The van der Waals surface area contributed by atoms with Gasteiger partial charge in [0.15, 0.2) is 5.82 Å². The van der Waals surface area contributed by atoms with E-state index in [4.69, 9.17) is 5.10 Å². The minimum absolute atomic E-state index is 0.695. The van der Waals surface area contributed by atoms with Crippen molar-refractivity contribution in [2.45, 2.75) is 6.92 Å². The molecule has 0 unspecified atom stereocenters. The van der Waals surface area contributed by atoms with Crippen LogP contribution in [0.5, 0.6) is 0 Å². The van der Waals surface area contributed by atoms with E-state index in [1.54, 1.807) is 16.9 Å². The van der Waals surface area contributed by atoms with Gasteiger partial charge in [-0.1, -0.05) is 29.5 Å². The molecule has 4 aromatic heterocycles. The van der Waals surface area contributed by atoms with Gasteiger partial charge in [-0.2, -0.15) is 9.61 Å². The molecule has 0 bridgehead atoms. The summed E-state index contributed by atoms with van der Waals surface area (Å²) in [6.45, 7) is 2.00. The van der Waals surface area contributed by atoms with Crippen LogP contribution in [0.3, 0.4) is 0 Å². The van der Waals surface area contributed by atoms with Crippen molar-refractivity contribution in [2.24, 2.45) is 0 Å². The molecule has 25 heavy (non-hydrogen) atoms. The van der Waals surface area contributed by atoms with Gasteiger partial charge >= 0.3 is 0 Å². The zero-order valence-corrected chi connectivity index (χ0v) is 14.1. The predicted molar refractivity (Wildman–Crippen MR) is 97.4 cm³/mol. The van der Waals surface area contributed by atoms with Crippen molar-refractivity contribution < 1.29 is 0 Å². The molecule has 0 radical (unpaired) electrons. The Kier molecular flexibility index (Phi) is 3.07. The van der Waals surface area contributed by atoms with Gasteiger partial charge in [0.1, 0.15) is 5.01 Å². The molecule has 0 aliphatic rings. The summed E-state index contributed by atoms with van der Waals surface area (Å²) in [6, 6.07) is 14.0. The van der Waals surface area contributed by atoms with Gasteiger partial charge in [-0.15, -0.1) is 10.2 Å². The van der Waals surface area contributed by atoms with Crippen LogP contribution in [0.25, 0.3) is 37.8 Å². The summed E-state index contributed by atoms with van der Waals surface area (Å²) in [7, 11) is 0. The van der Waals surface area contributed by atoms with E-state index in [0.717, 1.165) is 37.7 Å². The van der Waals surface area contributed by atoms with Crippen LogP contribution in [0.4, 0.5) is 0 Å². The van der Waals surface area contributed by atoms with E-state index in [1.165, 1.54) is 11.3 Å². The molecule has 0 amide bonds. The Hall–Kier alpha value is -3.19. The van der Waals surface area contributed by atoms with E-state index in [0.29, 0.717) is 5.82 Å². The molecule has 0 spiro atoms. The SMILES string of the molecule is Cc1cc(-c2nn3c(-c4cccnc4)nnc3s2)c2ccccc2n1. The Morgan fingerprint density at radius 2 is 1.96 bits per heavy atom. The maximum atomic E-state index is 4.77. The molecule has 120 valence electrons. The maximum absolute atomic E-state index is 4.77. The van der Waals surface area contributed by atoms with E-state index < -0.39 is 0 Å². The molecule has 0 saturated heterocycles. The topological polar surface area (TPSA) is 68.9 Å². The van der Waals surface area contributed by atoms with E-state index >= 15 is 0 Å². The summed E-state index contributed by atoms with van der Waals surface area (Å²) in [6.07, 6.45) is 3.50. The van der Waals surface area contributed by atoms with E-state index in [1.807, 2.05) is 37.3 Å². The number of aromatic nitrogens is 6. The van der Waals surface area contributed by atoms with E-state index in [9.17, 15) is 0 Å². The average Bonchev–Trinajstić information content (AvgIpc) is 3.22. The molecule has 5 aromatic rings. The van der Waals surface area contributed by atoms with Gasteiger partial charge in [0.05, 0.1) is 5.52 Å². The van der Waals surface area contributed by atoms with Crippen molar-refractivity contribution in [2.75, 3.05) is 0 Å². The zero-order valence-electron chi connectivity index (χ0n) is 13.3. The quantitative estimate of drug-likeness (QED) is 0.487. The Bertz CT molecular complexity index is 1210. The Morgan fingerprint density at radius 1 is 1.04 bits per heavy atom. The fraction of sp³-hybridized carbons (Fsp3) is 0.0556. The minimum Gasteiger partial charge on any atom is -0.264 e. The molecule has 7 heteroatoms. The number of rotatable bonds is 2. The summed E-state index contributed by atoms with van der Waals surface area (Å²) in [4.78, 5) is 9.51. The first-order valence-electron chi connectivity index (χ1n) is 7.79. The van der Waals surface area contributed by atoms with Crippen molar-refractivity contribution in [3.05, 3.63) is 60.6 Å². The third-order valence-electron chi connectivity index (χ3n) is 3.99. The lowest BCUT2D eigenvalue weighted by molar-refractivity contribution is 0.969. The standard InChI is InChI=1S/C18H12N6S/c1-11-9-14(13-6-2-3-7-15(13)20-11)17-23-24-16(21-22-18(24)25-17)12-5-4-8-19-10-12/h2-10H,1H3. The molecule has 0 aliphatic heterocycles. The molecule has 0 fully saturated rings. The Morgan fingerprint density at radius 3 is 2.84 bits per heavy atom. The molecule has 6 nitrogen and oxygen atoms in total. The van der Waals surface area contributed by atoms with E-state index in [-0.39, 0.29) is 0 Å². The summed E-state index contributed by atoms with van der Waals surface area (Å²) >= 11 is 1.52. The molecule has 0 aliphatic carbocycles. The van der Waals surface area contributed by atoms with Crippen molar-refractivity contribution in [1.29, 1.82) is 0 Å². The molecule has 0 atom stereocenters. The largest absolute Gasteiger partial charge is 0.264 e. The second-order valence-electron chi connectivity index (χ2n) is 5.70. The predicted octanol–water partition coefficient (Wildman–Crippen LogP) is 3.77.